The van der Waals surface area contributed by atoms with Gasteiger partial charge in [0.15, 0.2) is 5.76 Å². The number of hydrogen-bond acceptors (Lipinski definition) is 7. The Bertz CT molecular complexity index is 959. The zero-order valence-corrected chi connectivity index (χ0v) is 21.7. The van der Waals surface area contributed by atoms with E-state index in [4.69, 9.17) is 14.2 Å². The van der Waals surface area contributed by atoms with Crippen molar-refractivity contribution in [3.63, 3.8) is 0 Å². The number of carbonyl (C=O) groups excluding carboxylic acids is 1. The largest absolute Gasteiger partial charge is 0.497 e. The number of ether oxygens (including phenoxy) is 3. The smallest absolute Gasteiger partial charge is 0.288 e. The highest BCUT2D eigenvalue weighted by Crippen LogP contribution is 2.27. The van der Waals surface area contributed by atoms with Gasteiger partial charge in [-0.2, -0.15) is 4.31 Å². The molecule has 0 bridgehead atoms. The Morgan fingerprint density at radius 3 is 2.46 bits per heavy atom. The molecule has 1 N–H and O–H groups in total. The van der Waals surface area contributed by atoms with E-state index in [0.29, 0.717) is 17.9 Å². The van der Waals surface area contributed by atoms with Crippen LogP contribution >= 0.6 is 0 Å². The Kier molecular flexibility index (Phi) is 9.97. The fraction of sp³-hybridized carbons (Fsp3) is 0.640. The molecule has 0 saturated heterocycles. The van der Waals surface area contributed by atoms with Crippen molar-refractivity contribution in [1.82, 2.24) is 9.21 Å². The van der Waals surface area contributed by atoms with Gasteiger partial charge in [0.1, 0.15) is 5.75 Å². The standard InChI is InChI=1S/C25H38N2O7S/c1-19-17-23(25(29)26(2)20-7-5-4-6-8-20)34-24(18-19)33-16-14-27(13-15-28)35(30,31)22-11-9-21(32-3)10-12-22/h9-12,17,19-20,24,28H,4-8,13-16,18H2,1-3H3/t19-,24+/m0/s1. The average Bonchev–Trinajstić information content (AvgIpc) is 2.87. The summed E-state index contributed by atoms with van der Waals surface area (Å²) in [6.45, 7) is 1.72. The van der Waals surface area contributed by atoms with Crippen molar-refractivity contribution < 1.29 is 32.5 Å². The van der Waals surface area contributed by atoms with E-state index in [2.05, 4.69) is 0 Å². The zero-order valence-electron chi connectivity index (χ0n) is 20.9. The molecular weight excluding hydrogens is 472 g/mol. The lowest BCUT2D eigenvalue weighted by molar-refractivity contribution is -0.155. The van der Waals surface area contributed by atoms with Crippen LogP contribution in [0.2, 0.25) is 0 Å². The molecule has 1 aliphatic carbocycles. The van der Waals surface area contributed by atoms with Crippen LogP contribution in [0.15, 0.2) is 41.0 Å². The normalized spacial score (nSPS) is 21.3. The Balaban J connectivity index is 1.58. The number of rotatable bonds is 11. The molecule has 2 atom stereocenters. The van der Waals surface area contributed by atoms with Gasteiger partial charge in [0, 0.05) is 32.6 Å². The molecular formula is C25H38N2O7S. The van der Waals surface area contributed by atoms with Gasteiger partial charge < -0.3 is 24.2 Å². The molecule has 0 radical (unpaired) electrons. The average molecular weight is 511 g/mol. The Morgan fingerprint density at radius 2 is 1.83 bits per heavy atom. The number of benzene rings is 1. The van der Waals surface area contributed by atoms with Crippen LogP contribution in [-0.2, 0) is 24.3 Å². The topological polar surface area (TPSA) is 106 Å². The quantitative estimate of drug-likeness (QED) is 0.488. The number of carbonyl (C=O) groups is 1. The van der Waals surface area contributed by atoms with Crippen LogP contribution in [0.5, 0.6) is 5.75 Å². The number of hydrogen-bond donors (Lipinski definition) is 1. The third-order valence-electron chi connectivity index (χ3n) is 6.60. The van der Waals surface area contributed by atoms with Crippen molar-refractivity contribution in [3.8, 4) is 5.75 Å². The number of aliphatic hydroxyl groups excluding tert-OH is 1. The molecule has 3 rings (SSSR count). The maximum atomic E-state index is 13.1. The van der Waals surface area contributed by atoms with Crippen molar-refractivity contribution in [2.45, 2.75) is 62.7 Å². The molecule has 1 aromatic rings. The molecule has 0 aromatic heterocycles. The molecule has 0 spiro atoms. The number of likely N-dealkylation sites (N-methyl/N-ethyl adjacent to an activating group) is 1. The Labute approximate surface area is 208 Å². The van der Waals surface area contributed by atoms with Crippen molar-refractivity contribution >= 4 is 15.9 Å². The van der Waals surface area contributed by atoms with Crippen LogP contribution in [0.25, 0.3) is 0 Å². The van der Waals surface area contributed by atoms with E-state index < -0.39 is 16.3 Å². The summed E-state index contributed by atoms with van der Waals surface area (Å²) in [4.78, 5) is 14.9. The minimum atomic E-state index is -3.83. The van der Waals surface area contributed by atoms with Gasteiger partial charge in [0.25, 0.3) is 5.91 Å². The van der Waals surface area contributed by atoms with Gasteiger partial charge in [-0.15, -0.1) is 0 Å². The first-order valence-electron chi connectivity index (χ1n) is 12.3. The summed E-state index contributed by atoms with van der Waals surface area (Å²) in [7, 11) is -0.488. The van der Waals surface area contributed by atoms with E-state index in [0.717, 1.165) is 25.7 Å². The maximum Gasteiger partial charge on any atom is 0.288 e. The molecule has 1 aliphatic heterocycles. The van der Waals surface area contributed by atoms with Crippen LogP contribution in [0.3, 0.4) is 0 Å². The number of aliphatic hydroxyl groups is 1. The summed E-state index contributed by atoms with van der Waals surface area (Å²) in [5, 5.41) is 9.43. The van der Waals surface area contributed by atoms with E-state index >= 15 is 0 Å². The molecule has 35 heavy (non-hydrogen) atoms. The molecule has 2 aliphatic rings. The van der Waals surface area contributed by atoms with Gasteiger partial charge in [-0.1, -0.05) is 26.2 Å². The second kappa shape index (κ2) is 12.7. The van der Waals surface area contributed by atoms with Gasteiger partial charge in [-0.25, -0.2) is 8.42 Å². The molecule has 1 fully saturated rings. The summed E-state index contributed by atoms with van der Waals surface area (Å²) < 4.78 is 44.1. The predicted molar refractivity (Wildman–Crippen MR) is 131 cm³/mol. The first kappa shape index (κ1) is 27.4. The molecule has 9 nitrogen and oxygen atoms in total. The van der Waals surface area contributed by atoms with Crippen LogP contribution in [0.1, 0.15) is 45.4 Å². The fourth-order valence-corrected chi connectivity index (χ4v) is 5.95. The second-order valence-electron chi connectivity index (χ2n) is 9.17. The van der Waals surface area contributed by atoms with Gasteiger partial charge in [0.05, 0.1) is 25.2 Å². The van der Waals surface area contributed by atoms with Crippen LogP contribution in [0, 0.1) is 5.92 Å². The van der Waals surface area contributed by atoms with E-state index in [9.17, 15) is 18.3 Å². The van der Waals surface area contributed by atoms with Crippen molar-refractivity contribution in [1.29, 1.82) is 0 Å². The van der Waals surface area contributed by atoms with E-state index in [-0.39, 0.29) is 49.1 Å². The molecule has 1 saturated carbocycles. The summed E-state index contributed by atoms with van der Waals surface area (Å²) in [5.41, 5.74) is 0. The first-order valence-corrected chi connectivity index (χ1v) is 13.7. The number of nitrogens with zero attached hydrogens (tertiary/aromatic N) is 2. The minimum absolute atomic E-state index is 0.0398. The lowest BCUT2D eigenvalue weighted by Crippen LogP contribution is -2.41. The minimum Gasteiger partial charge on any atom is -0.497 e. The van der Waals surface area contributed by atoms with E-state index in [1.165, 1.54) is 30.0 Å². The van der Waals surface area contributed by atoms with Crippen LogP contribution < -0.4 is 4.74 Å². The zero-order chi connectivity index (χ0) is 25.4. The first-order chi connectivity index (χ1) is 16.8. The van der Waals surface area contributed by atoms with E-state index in [1.54, 1.807) is 17.0 Å². The summed E-state index contributed by atoms with van der Waals surface area (Å²) >= 11 is 0. The van der Waals surface area contributed by atoms with Gasteiger partial charge in [-0.3, -0.25) is 4.79 Å². The van der Waals surface area contributed by atoms with Crippen molar-refractivity contribution in [2.24, 2.45) is 5.92 Å². The maximum absolute atomic E-state index is 13.1. The highest BCUT2D eigenvalue weighted by molar-refractivity contribution is 7.89. The fourth-order valence-electron chi connectivity index (χ4n) is 4.54. The highest BCUT2D eigenvalue weighted by atomic mass is 32.2. The SMILES string of the molecule is COc1ccc(S(=O)(=O)N(CCO)CCO[C@H]2C[C@@H](C)C=C(C(=O)N(C)C3CCCCC3)O2)cc1. The van der Waals surface area contributed by atoms with Crippen LogP contribution in [0.4, 0.5) is 0 Å². The number of amides is 1. The molecule has 1 aromatic carbocycles. The van der Waals surface area contributed by atoms with E-state index in [1.807, 2.05) is 20.0 Å². The van der Waals surface area contributed by atoms with Crippen molar-refractivity contribution in [2.75, 3.05) is 40.5 Å². The number of methoxy groups -OCH3 is 1. The van der Waals surface area contributed by atoms with Gasteiger partial charge >= 0.3 is 0 Å². The van der Waals surface area contributed by atoms with Crippen LogP contribution in [-0.4, -0.2) is 81.4 Å². The monoisotopic (exact) mass is 510 g/mol. The Morgan fingerprint density at radius 1 is 1.14 bits per heavy atom. The summed E-state index contributed by atoms with van der Waals surface area (Å²) in [6.07, 6.45) is 7.26. The highest BCUT2D eigenvalue weighted by Gasteiger charge is 2.31. The molecule has 1 heterocycles. The lowest BCUT2D eigenvalue weighted by Gasteiger charge is -2.34. The number of allylic oxidation sites excluding steroid dienone is 1. The molecule has 0 unspecified atom stereocenters. The third kappa shape index (κ3) is 7.19. The number of sulfonamides is 1. The summed E-state index contributed by atoms with van der Waals surface area (Å²) in [5.74, 6) is 0.794. The van der Waals surface area contributed by atoms with Gasteiger partial charge in [-0.05, 0) is 49.1 Å². The molecule has 10 heteroatoms. The van der Waals surface area contributed by atoms with Crippen molar-refractivity contribution in [3.05, 3.63) is 36.1 Å². The third-order valence-corrected chi connectivity index (χ3v) is 8.52. The summed E-state index contributed by atoms with van der Waals surface area (Å²) in [6, 6.07) is 6.32. The van der Waals surface area contributed by atoms with Gasteiger partial charge in [0.2, 0.25) is 16.3 Å². The molecule has 1 amide bonds. The lowest BCUT2D eigenvalue weighted by atomic mass is 9.94. The predicted octanol–water partition coefficient (Wildman–Crippen LogP) is 2.75. The Hall–Kier alpha value is -2.14. The second-order valence-corrected chi connectivity index (χ2v) is 11.1. The molecule has 196 valence electrons.